The molecule has 0 bridgehead atoms. The molecule has 0 amide bonds. The number of aromatic nitrogens is 3. The Morgan fingerprint density at radius 2 is 2.05 bits per heavy atom. The first-order valence-electron chi connectivity index (χ1n) is 7.06. The Labute approximate surface area is 114 Å². The Balaban J connectivity index is 2.01. The number of pyridine rings is 1. The van der Waals surface area contributed by atoms with E-state index in [1.165, 1.54) is 29.8 Å². The van der Waals surface area contributed by atoms with Crippen LogP contribution in [-0.2, 0) is 12.8 Å². The Morgan fingerprint density at radius 1 is 1.26 bits per heavy atom. The van der Waals surface area contributed by atoms with Gasteiger partial charge >= 0.3 is 0 Å². The van der Waals surface area contributed by atoms with Crippen molar-refractivity contribution in [3.63, 3.8) is 0 Å². The second-order valence-corrected chi connectivity index (χ2v) is 5.08. The minimum absolute atomic E-state index is 0.964. The molecule has 4 heteroatoms. The highest BCUT2D eigenvalue weighted by molar-refractivity contribution is 5.45. The molecule has 0 fully saturated rings. The van der Waals surface area contributed by atoms with Crippen molar-refractivity contribution in [2.24, 2.45) is 0 Å². The first-order valence-corrected chi connectivity index (χ1v) is 7.06. The van der Waals surface area contributed by atoms with Crippen LogP contribution in [0.25, 0.3) is 0 Å². The fourth-order valence-corrected chi connectivity index (χ4v) is 2.83. The summed E-state index contributed by atoms with van der Waals surface area (Å²) in [6.45, 7) is 5.34. The SMILES string of the molecule is CCCN(c1ccncc1)n1nc2c(c1C)CCC2. The largest absolute Gasteiger partial charge is 0.265 e. The van der Waals surface area contributed by atoms with E-state index in [1.54, 1.807) is 0 Å². The van der Waals surface area contributed by atoms with Crippen molar-refractivity contribution < 1.29 is 0 Å². The summed E-state index contributed by atoms with van der Waals surface area (Å²) in [6.07, 6.45) is 8.32. The van der Waals surface area contributed by atoms with E-state index in [0.29, 0.717) is 0 Å². The van der Waals surface area contributed by atoms with Crippen LogP contribution in [0.1, 0.15) is 36.7 Å². The zero-order valence-corrected chi connectivity index (χ0v) is 11.6. The Morgan fingerprint density at radius 3 is 2.74 bits per heavy atom. The third-order valence-electron chi connectivity index (χ3n) is 3.77. The number of nitrogens with zero attached hydrogens (tertiary/aromatic N) is 4. The van der Waals surface area contributed by atoms with E-state index in [0.717, 1.165) is 25.1 Å². The third kappa shape index (κ3) is 2.11. The van der Waals surface area contributed by atoms with Crippen molar-refractivity contribution in [3.05, 3.63) is 41.5 Å². The van der Waals surface area contributed by atoms with E-state index in [1.807, 2.05) is 24.5 Å². The van der Waals surface area contributed by atoms with E-state index in [-0.39, 0.29) is 0 Å². The fraction of sp³-hybridized carbons (Fsp3) is 0.467. The lowest BCUT2D eigenvalue weighted by atomic mass is 10.2. The summed E-state index contributed by atoms with van der Waals surface area (Å²) in [4.78, 5) is 6.18. The van der Waals surface area contributed by atoms with Gasteiger partial charge in [-0.3, -0.25) is 9.99 Å². The van der Waals surface area contributed by atoms with Gasteiger partial charge in [-0.2, -0.15) is 9.89 Å². The average molecular weight is 256 g/mol. The topological polar surface area (TPSA) is 34.0 Å². The molecule has 2 aromatic heterocycles. The molecule has 4 nitrogen and oxygen atoms in total. The van der Waals surface area contributed by atoms with Crippen molar-refractivity contribution in [2.45, 2.75) is 39.5 Å². The van der Waals surface area contributed by atoms with Crippen molar-refractivity contribution in [3.8, 4) is 0 Å². The number of anilines is 1. The van der Waals surface area contributed by atoms with E-state index >= 15 is 0 Å². The molecule has 0 spiro atoms. The average Bonchev–Trinajstić information content (AvgIpc) is 3.01. The summed E-state index contributed by atoms with van der Waals surface area (Å²) in [5.74, 6) is 0. The van der Waals surface area contributed by atoms with Crippen LogP contribution in [-0.4, -0.2) is 21.4 Å². The molecule has 0 saturated carbocycles. The van der Waals surface area contributed by atoms with E-state index in [4.69, 9.17) is 5.10 Å². The molecule has 100 valence electrons. The van der Waals surface area contributed by atoms with Gasteiger partial charge < -0.3 is 0 Å². The van der Waals surface area contributed by atoms with Gasteiger partial charge in [0.15, 0.2) is 0 Å². The highest BCUT2D eigenvalue weighted by Crippen LogP contribution is 2.26. The molecule has 0 unspecified atom stereocenters. The number of hydrogen-bond acceptors (Lipinski definition) is 3. The molecule has 0 aromatic carbocycles. The minimum atomic E-state index is 0.964. The molecule has 0 aliphatic heterocycles. The first-order chi connectivity index (χ1) is 9.31. The molecule has 0 atom stereocenters. The van der Waals surface area contributed by atoms with Crippen LogP contribution in [0.3, 0.4) is 0 Å². The van der Waals surface area contributed by atoms with Crippen LogP contribution in [0.2, 0.25) is 0 Å². The standard InChI is InChI=1S/C15H20N4/c1-3-11-18(13-7-9-16-10-8-13)19-12(2)14-5-4-6-15(14)17-19/h7-10H,3-6,11H2,1-2H3. The zero-order valence-electron chi connectivity index (χ0n) is 11.6. The zero-order chi connectivity index (χ0) is 13.2. The smallest absolute Gasteiger partial charge is 0.0680 e. The molecule has 3 rings (SSSR count). The summed E-state index contributed by atoms with van der Waals surface area (Å²) in [5, 5.41) is 7.05. The lowest BCUT2D eigenvalue weighted by Crippen LogP contribution is -2.32. The molecular weight excluding hydrogens is 236 g/mol. The predicted molar refractivity (Wildman–Crippen MR) is 76.3 cm³/mol. The maximum atomic E-state index is 4.81. The lowest BCUT2D eigenvalue weighted by Gasteiger charge is -2.25. The normalized spacial score (nSPS) is 13.6. The van der Waals surface area contributed by atoms with Gasteiger partial charge in [-0.1, -0.05) is 6.92 Å². The summed E-state index contributed by atoms with van der Waals surface area (Å²) in [6, 6.07) is 4.09. The molecular formula is C15H20N4. The molecule has 0 N–H and O–H groups in total. The quantitative estimate of drug-likeness (QED) is 0.843. The van der Waals surface area contributed by atoms with E-state index < -0.39 is 0 Å². The first kappa shape index (κ1) is 12.2. The van der Waals surface area contributed by atoms with Gasteiger partial charge in [0.25, 0.3) is 0 Å². The summed E-state index contributed by atoms with van der Waals surface area (Å²) in [5.41, 5.74) is 5.18. The van der Waals surface area contributed by atoms with Crippen LogP contribution in [0.15, 0.2) is 24.5 Å². The molecule has 0 radical (unpaired) electrons. The number of rotatable bonds is 4. The Bertz CT molecular complexity index is 559. The van der Waals surface area contributed by atoms with E-state index in [2.05, 4.69) is 28.6 Å². The van der Waals surface area contributed by atoms with E-state index in [9.17, 15) is 0 Å². The predicted octanol–water partition coefficient (Wildman–Crippen LogP) is 2.75. The Kier molecular flexibility index (Phi) is 3.23. The minimum Gasteiger partial charge on any atom is -0.265 e. The molecule has 1 aliphatic carbocycles. The van der Waals surface area contributed by atoms with Gasteiger partial charge in [0.05, 0.1) is 17.1 Å². The van der Waals surface area contributed by atoms with Crippen molar-refractivity contribution in [2.75, 3.05) is 11.6 Å². The second kappa shape index (κ2) is 5.03. The van der Waals surface area contributed by atoms with Crippen LogP contribution in [0.5, 0.6) is 0 Å². The maximum Gasteiger partial charge on any atom is 0.0680 e. The van der Waals surface area contributed by atoms with Crippen LogP contribution in [0, 0.1) is 6.92 Å². The lowest BCUT2D eigenvalue weighted by molar-refractivity contribution is 0.579. The maximum absolute atomic E-state index is 4.81. The number of fused-ring (bicyclic) bond motifs is 1. The van der Waals surface area contributed by atoms with Crippen LogP contribution in [0.4, 0.5) is 5.69 Å². The monoisotopic (exact) mass is 256 g/mol. The van der Waals surface area contributed by atoms with Gasteiger partial charge in [-0.05, 0) is 50.3 Å². The molecule has 2 heterocycles. The second-order valence-electron chi connectivity index (χ2n) is 5.08. The Hall–Kier alpha value is -1.84. The molecule has 0 saturated heterocycles. The summed E-state index contributed by atoms with van der Waals surface area (Å²) in [7, 11) is 0. The van der Waals surface area contributed by atoms with Crippen LogP contribution < -0.4 is 5.01 Å². The molecule has 19 heavy (non-hydrogen) atoms. The summed E-state index contributed by atoms with van der Waals surface area (Å²) < 4.78 is 0. The van der Waals surface area contributed by atoms with Gasteiger partial charge in [-0.15, -0.1) is 0 Å². The van der Waals surface area contributed by atoms with Gasteiger partial charge in [-0.25, -0.2) is 0 Å². The number of hydrogen-bond donors (Lipinski definition) is 0. The third-order valence-corrected chi connectivity index (χ3v) is 3.77. The summed E-state index contributed by atoms with van der Waals surface area (Å²) >= 11 is 0. The van der Waals surface area contributed by atoms with Crippen molar-refractivity contribution in [1.29, 1.82) is 0 Å². The highest BCUT2D eigenvalue weighted by Gasteiger charge is 2.22. The van der Waals surface area contributed by atoms with Crippen LogP contribution >= 0.6 is 0 Å². The van der Waals surface area contributed by atoms with Gasteiger partial charge in [0.2, 0.25) is 0 Å². The number of aryl methyl sites for hydroxylation is 1. The fourth-order valence-electron chi connectivity index (χ4n) is 2.83. The highest BCUT2D eigenvalue weighted by atomic mass is 15.7. The van der Waals surface area contributed by atoms with Crippen molar-refractivity contribution >= 4 is 5.69 Å². The van der Waals surface area contributed by atoms with Crippen molar-refractivity contribution in [1.82, 2.24) is 14.9 Å². The molecule has 1 aliphatic rings. The van der Waals surface area contributed by atoms with Gasteiger partial charge in [0, 0.05) is 18.9 Å². The van der Waals surface area contributed by atoms with Gasteiger partial charge in [0.1, 0.15) is 0 Å². The molecule has 2 aromatic rings.